The summed E-state index contributed by atoms with van der Waals surface area (Å²) in [5, 5.41) is 43.3. The van der Waals surface area contributed by atoms with Crippen LogP contribution in [0, 0.1) is 0 Å². The standard InChI is InChI=1S/C36H35N9O22S7.5Na/c46-30-19-27(71(52,53)54)17-21-1-11-28(37-20-68-67-66-47)33(32(21)30)45-44-29-18-24(6-12-31(29)72(55,56)57)40-36-42-34(38-22-2-7-25(8-3-22)69(48,49)15-13-64-73(58,59)60)41-35(43-36)39-23-4-9-26(10-5-23)70(50,51)16-14-65-74(61,62)63;;;;;/h1-12,17-19,37,46-47H,13-16,20H2,(H,52,53,54)(H,55,56,57)(H,58,59,60)(H,61,62,63)(H3,38,39,40,41,42,43);;;;;/q;5*+1/p-5. The maximum Gasteiger partial charge on any atom is 1.00 e. The minimum Gasteiger partial charge on any atom is -0.744 e. The molecule has 0 amide bonds. The van der Waals surface area contributed by atoms with Crippen molar-refractivity contribution >= 4 is 135 Å². The molecule has 1 heterocycles. The Hall–Kier alpha value is -1.34. The summed E-state index contributed by atoms with van der Waals surface area (Å²) in [6.07, 6.45) is 0. The largest absolute Gasteiger partial charge is 1.00 e. The fraction of sp³-hybridized carbons (Fsp3) is 0.139. The third kappa shape index (κ3) is 23.2. The molecule has 0 aliphatic rings. The van der Waals surface area contributed by atoms with E-state index in [2.05, 4.69) is 64.2 Å². The average Bonchev–Trinajstić information content (AvgIpc) is 3.28. The second-order valence-corrected chi connectivity index (χ2v) is 23.9. The Morgan fingerprint density at radius 1 is 0.544 bits per heavy atom. The Balaban J connectivity index is 0.00000624. The molecule has 79 heavy (non-hydrogen) atoms. The van der Waals surface area contributed by atoms with Crippen LogP contribution in [0.1, 0.15) is 0 Å². The molecule has 43 heteroatoms. The molecule has 0 spiro atoms. The summed E-state index contributed by atoms with van der Waals surface area (Å²) in [5.74, 6) is -3.75. The van der Waals surface area contributed by atoms with Crippen molar-refractivity contribution in [2.24, 2.45) is 10.2 Å². The molecule has 0 aliphatic carbocycles. The molecule has 0 fully saturated rings. The molecule has 398 valence electrons. The summed E-state index contributed by atoms with van der Waals surface area (Å²) in [5.41, 5.74) is -0.825. The Labute approximate surface area is 565 Å². The van der Waals surface area contributed by atoms with Crippen LogP contribution < -0.4 is 174 Å². The Morgan fingerprint density at radius 3 is 1.43 bits per heavy atom. The van der Waals surface area contributed by atoms with Gasteiger partial charge in [0.1, 0.15) is 37.4 Å². The Morgan fingerprint density at radius 2 is 1.00 bits per heavy atom. The van der Waals surface area contributed by atoms with Gasteiger partial charge in [0.2, 0.25) is 38.6 Å². The van der Waals surface area contributed by atoms with E-state index in [1.54, 1.807) is 0 Å². The van der Waals surface area contributed by atoms with Gasteiger partial charge in [-0.25, -0.2) is 50.5 Å². The van der Waals surface area contributed by atoms with Crippen molar-refractivity contribution in [3.8, 4) is 5.75 Å². The van der Waals surface area contributed by atoms with Gasteiger partial charge in [-0.2, -0.15) is 19.3 Å². The summed E-state index contributed by atoms with van der Waals surface area (Å²) in [7, 11) is -29.1. The van der Waals surface area contributed by atoms with E-state index in [-0.39, 0.29) is 221 Å². The topological polar surface area (TPSA) is 489 Å². The maximum atomic E-state index is 12.7. The van der Waals surface area contributed by atoms with Gasteiger partial charge >= 0.3 is 148 Å². The molecule has 0 atom stereocenters. The third-order valence-corrected chi connectivity index (χ3v) is 15.6. The summed E-state index contributed by atoms with van der Waals surface area (Å²) < 4.78 is 201. The van der Waals surface area contributed by atoms with Crippen molar-refractivity contribution in [1.82, 2.24) is 15.0 Å². The van der Waals surface area contributed by atoms with Crippen molar-refractivity contribution in [3.05, 3.63) is 91.0 Å². The number of nitrogens with zero attached hydrogens (tertiary/aromatic N) is 5. The number of benzene rings is 5. The molecular weight excluding hydrogens is 1250 g/mol. The number of aromatic hydroxyl groups is 1. The number of phenolic OH excluding ortho intramolecular Hbond substituents is 1. The maximum absolute atomic E-state index is 12.7. The van der Waals surface area contributed by atoms with E-state index in [0.717, 1.165) is 48.5 Å². The van der Waals surface area contributed by atoms with Crippen LogP contribution >= 0.6 is 12.0 Å². The van der Waals surface area contributed by atoms with Crippen LogP contribution in [-0.4, -0.2) is 119 Å². The molecule has 5 aromatic carbocycles. The second-order valence-electron chi connectivity index (χ2n) is 14.2. The monoisotopic (exact) mass is 1280 g/mol. The van der Waals surface area contributed by atoms with Crippen molar-refractivity contribution in [3.63, 3.8) is 0 Å². The van der Waals surface area contributed by atoms with E-state index in [1.807, 2.05) is 0 Å². The first-order valence-electron chi connectivity index (χ1n) is 19.5. The van der Waals surface area contributed by atoms with Gasteiger partial charge in [-0.1, -0.05) is 6.07 Å². The van der Waals surface area contributed by atoms with E-state index in [9.17, 15) is 79.1 Å². The number of sulfone groups is 2. The molecule has 1 aromatic heterocycles. The quantitative estimate of drug-likeness (QED) is 0.00409. The van der Waals surface area contributed by atoms with Crippen LogP contribution in [0.25, 0.3) is 10.8 Å². The molecule has 31 nitrogen and oxygen atoms in total. The Kier molecular flexibility index (Phi) is 30.9. The molecule has 6 aromatic rings. The number of nitrogens with one attached hydrogen (secondary N) is 4. The summed E-state index contributed by atoms with van der Waals surface area (Å²) in [6.45, 7) is -1.92. The first-order valence-corrected chi connectivity index (χ1v) is 29.2. The van der Waals surface area contributed by atoms with Gasteiger partial charge in [-0.15, -0.1) is 10.2 Å². The van der Waals surface area contributed by atoms with Crippen LogP contribution in [0.4, 0.5) is 52.0 Å². The molecule has 0 saturated heterocycles. The van der Waals surface area contributed by atoms with Gasteiger partial charge in [-0.05, 0) is 90.3 Å². The Bertz CT molecular complexity index is 3700. The normalized spacial score (nSPS) is 12.0. The van der Waals surface area contributed by atoms with E-state index >= 15 is 0 Å². The first-order chi connectivity index (χ1) is 34.5. The minimum atomic E-state index is -5.34. The third-order valence-electron chi connectivity index (χ3n) is 9.21. The molecule has 0 saturated carbocycles. The number of hydrogen-bond donors (Lipinski definition) is 5. The molecule has 0 bridgehead atoms. The van der Waals surface area contributed by atoms with Gasteiger partial charge in [0.05, 0.1) is 73.3 Å². The summed E-state index contributed by atoms with van der Waals surface area (Å²) in [6, 6.07) is 16.4. The van der Waals surface area contributed by atoms with Gasteiger partial charge in [-0.3, -0.25) is 13.4 Å². The number of hydrogen-bond acceptors (Lipinski definition) is 32. The zero-order valence-corrected chi connectivity index (χ0v) is 57.0. The number of aromatic nitrogens is 3. The number of rotatable bonds is 25. The fourth-order valence-electron chi connectivity index (χ4n) is 6.08. The van der Waals surface area contributed by atoms with Crippen LogP contribution in [-0.2, 0) is 78.4 Å². The van der Waals surface area contributed by atoms with Gasteiger partial charge < -0.3 is 49.8 Å². The number of azo groups is 1. The van der Waals surface area contributed by atoms with Gasteiger partial charge in [0.25, 0.3) is 0 Å². The second kappa shape index (κ2) is 32.2. The molecule has 6 rings (SSSR count). The van der Waals surface area contributed by atoms with E-state index in [0.29, 0.717) is 18.1 Å². The van der Waals surface area contributed by atoms with Crippen LogP contribution in [0.3, 0.4) is 0 Å². The van der Waals surface area contributed by atoms with Crippen LogP contribution in [0.15, 0.2) is 121 Å². The SMILES string of the molecule is O=S(=O)([O-])OCCS(=O)(=O)c1ccc(Nc2nc(Nc3ccc(S(=O)(=O)CCOS(=O)(=O)[O-])cc3)nc(Nc3ccc(S(=O)(=O)[O-])c(N=Nc4c(NCSOO[O-])ccc5cc(S(=O)(=O)[O-])cc(O)c45)c3)n2)cc1.[Na+].[Na+].[Na+].[Na+].[Na+]. The first kappa shape index (κ1) is 75.7. The van der Waals surface area contributed by atoms with Crippen molar-refractivity contribution < 1.29 is 245 Å². The average molecular weight is 1280 g/mol. The van der Waals surface area contributed by atoms with E-state index in [1.165, 1.54) is 36.4 Å². The van der Waals surface area contributed by atoms with E-state index < -0.39 is 107 Å². The zero-order valence-electron chi connectivity index (χ0n) is 41.3. The number of fused-ring (bicyclic) bond motifs is 1. The number of phenols is 1. The van der Waals surface area contributed by atoms with Crippen molar-refractivity contribution in [2.75, 3.05) is 51.9 Å². The van der Waals surface area contributed by atoms with E-state index in [4.69, 9.17) is 0 Å². The van der Waals surface area contributed by atoms with Gasteiger partial charge in [0, 0.05) is 17.1 Å². The zero-order chi connectivity index (χ0) is 54.3. The van der Waals surface area contributed by atoms with Crippen LogP contribution in [0.5, 0.6) is 5.75 Å². The van der Waals surface area contributed by atoms with Crippen molar-refractivity contribution in [2.45, 2.75) is 19.6 Å². The van der Waals surface area contributed by atoms with Gasteiger partial charge in [0.15, 0.2) is 19.7 Å². The predicted octanol–water partition coefficient (Wildman–Crippen LogP) is -13.1. The molecule has 0 radical (unpaired) electrons. The molecule has 0 unspecified atom stereocenters. The van der Waals surface area contributed by atoms with Crippen LogP contribution in [0.2, 0.25) is 0 Å². The molecular formula is C36H30N9Na5O22S7. The molecule has 0 aliphatic heterocycles. The number of anilines is 7. The smallest absolute Gasteiger partial charge is 0.744 e. The van der Waals surface area contributed by atoms with Crippen molar-refractivity contribution in [1.29, 1.82) is 0 Å². The summed E-state index contributed by atoms with van der Waals surface area (Å²) in [4.78, 5) is 10.4. The minimum absolute atomic E-state index is 0. The summed E-state index contributed by atoms with van der Waals surface area (Å²) >= 11 is 0.452. The fourth-order valence-corrected chi connectivity index (χ4v) is 10.5. The molecule has 5 N–H and O–H groups in total. The predicted molar refractivity (Wildman–Crippen MR) is 248 cm³/mol.